The maximum absolute atomic E-state index is 5.41. The average molecular weight is 190 g/mol. The Balaban J connectivity index is 2.32. The third-order valence-corrected chi connectivity index (χ3v) is 2.20. The van der Waals surface area contributed by atoms with Crippen LogP contribution in [0.2, 0.25) is 0 Å². The van der Waals surface area contributed by atoms with E-state index < -0.39 is 0 Å². The smallest absolute Gasteiger partial charge is 0.0955 e. The van der Waals surface area contributed by atoms with Crippen LogP contribution in [-0.4, -0.2) is 22.6 Å². The fraction of sp³-hybridized carbons (Fsp3) is 0.300. The van der Waals surface area contributed by atoms with Crippen molar-refractivity contribution >= 4 is 16.7 Å². The molecule has 1 aromatic carbocycles. The van der Waals surface area contributed by atoms with Crippen molar-refractivity contribution in [3.63, 3.8) is 0 Å². The van der Waals surface area contributed by atoms with Crippen LogP contribution in [0.1, 0.15) is 0 Å². The molecule has 0 spiro atoms. The molecule has 3 N–H and O–H groups in total. The lowest BCUT2D eigenvalue weighted by Gasteiger charge is -2.03. The van der Waals surface area contributed by atoms with Gasteiger partial charge in [0.25, 0.3) is 0 Å². The number of benzene rings is 1. The number of nitrogens with zero attached hydrogens (tertiary/aromatic N) is 2. The molecule has 4 heteroatoms. The molecule has 0 fully saturated rings. The summed E-state index contributed by atoms with van der Waals surface area (Å²) >= 11 is 0. The fourth-order valence-electron chi connectivity index (χ4n) is 1.46. The molecular formula is C10H14N4. The number of fused-ring (bicyclic) bond motifs is 1. The number of hydrogen-bond acceptors (Lipinski definition) is 3. The van der Waals surface area contributed by atoms with E-state index in [0.29, 0.717) is 6.54 Å². The Hall–Kier alpha value is -1.55. The Kier molecular flexibility index (Phi) is 2.37. The molecule has 0 aliphatic rings. The Morgan fingerprint density at radius 1 is 1.50 bits per heavy atom. The number of aryl methyl sites for hydroxylation is 1. The minimum Gasteiger partial charge on any atom is -0.384 e. The highest BCUT2D eigenvalue weighted by molar-refractivity contribution is 5.79. The molecule has 0 saturated carbocycles. The van der Waals surface area contributed by atoms with Gasteiger partial charge in [-0.15, -0.1) is 0 Å². The molecule has 0 bridgehead atoms. The SMILES string of the molecule is Cn1cnc2cc(NCCN)ccc21. The van der Waals surface area contributed by atoms with Crippen LogP contribution in [0.25, 0.3) is 11.0 Å². The normalized spacial score (nSPS) is 10.7. The summed E-state index contributed by atoms with van der Waals surface area (Å²) in [5.41, 5.74) is 8.63. The summed E-state index contributed by atoms with van der Waals surface area (Å²) in [5.74, 6) is 0. The van der Waals surface area contributed by atoms with Crippen molar-refractivity contribution in [2.45, 2.75) is 0 Å². The monoisotopic (exact) mass is 190 g/mol. The number of imidazole rings is 1. The van der Waals surface area contributed by atoms with E-state index in [2.05, 4.69) is 16.4 Å². The predicted octanol–water partition coefficient (Wildman–Crippen LogP) is 0.944. The van der Waals surface area contributed by atoms with Crippen LogP contribution >= 0.6 is 0 Å². The average Bonchev–Trinajstić information content (AvgIpc) is 2.57. The van der Waals surface area contributed by atoms with Gasteiger partial charge in [-0.2, -0.15) is 0 Å². The van der Waals surface area contributed by atoms with Gasteiger partial charge in [0.1, 0.15) is 0 Å². The summed E-state index contributed by atoms with van der Waals surface area (Å²) in [6.45, 7) is 1.43. The summed E-state index contributed by atoms with van der Waals surface area (Å²) in [4.78, 5) is 4.28. The first kappa shape index (κ1) is 9.02. The Labute approximate surface area is 82.7 Å². The minimum absolute atomic E-state index is 0.639. The zero-order chi connectivity index (χ0) is 9.97. The molecular weight excluding hydrogens is 176 g/mol. The maximum Gasteiger partial charge on any atom is 0.0955 e. The Morgan fingerprint density at radius 3 is 3.14 bits per heavy atom. The molecule has 74 valence electrons. The number of aromatic nitrogens is 2. The van der Waals surface area contributed by atoms with Crippen molar-refractivity contribution < 1.29 is 0 Å². The lowest BCUT2D eigenvalue weighted by molar-refractivity contribution is 0.947. The van der Waals surface area contributed by atoms with Crippen molar-refractivity contribution in [1.29, 1.82) is 0 Å². The Bertz CT molecular complexity index is 433. The number of hydrogen-bond donors (Lipinski definition) is 2. The molecule has 0 saturated heterocycles. The molecule has 1 heterocycles. The van der Waals surface area contributed by atoms with E-state index in [9.17, 15) is 0 Å². The fourth-order valence-corrected chi connectivity index (χ4v) is 1.46. The molecule has 0 aliphatic carbocycles. The van der Waals surface area contributed by atoms with Crippen molar-refractivity contribution in [1.82, 2.24) is 9.55 Å². The van der Waals surface area contributed by atoms with Crippen molar-refractivity contribution in [3.05, 3.63) is 24.5 Å². The van der Waals surface area contributed by atoms with Crippen LogP contribution in [0.4, 0.5) is 5.69 Å². The van der Waals surface area contributed by atoms with E-state index in [4.69, 9.17) is 5.73 Å². The second-order valence-corrected chi connectivity index (χ2v) is 3.27. The summed E-state index contributed by atoms with van der Waals surface area (Å²) in [5, 5.41) is 3.22. The summed E-state index contributed by atoms with van der Waals surface area (Å²) in [6.07, 6.45) is 1.82. The van der Waals surface area contributed by atoms with Gasteiger partial charge < -0.3 is 15.6 Å². The third kappa shape index (κ3) is 1.56. The quantitative estimate of drug-likeness (QED) is 0.757. The van der Waals surface area contributed by atoms with E-state index in [1.807, 2.05) is 30.1 Å². The highest BCUT2D eigenvalue weighted by atomic mass is 15.0. The highest BCUT2D eigenvalue weighted by Crippen LogP contribution is 2.16. The molecule has 2 aromatic rings. The van der Waals surface area contributed by atoms with Gasteiger partial charge in [-0.05, 0) is 18.2 Å². The molecule has 0 amide bonds. The van der Waals surface area contributed by atoms with Gasteiger partial charge in [-0.25, -0.2) is 4.98 Å². The molecule has 0 aliphatic heterocycles. The first-order chi connectivity index (χ1) is 6.81. The summed E-state index contributed by atoms with van der Waals surface area (Å²) in [6, 6.07) is 6.13. The number of nitrogens with two attached hydrogens (primary N) is 1. The van der Waals surface area contributed by atoms with Gasteiger partial charge in [0.2, 0.25) is 0 Å². The number of rotatable bonds is 3. The van der Waals surface area contributed by atoms with Crippen molar-refractivity contribution in [3.8, 4) is 0 Å². The molecule has 2 rings (SSSR count). The molecule has 0 unspecified atom stereocenters. The van der Waals surface area contributed by atoms with Gasteiger partial charge in [-0.3, -0.25) is 0 Å². The largest absolute Gasteiger partial charge is 0.384 e. The zero-order valence-electron chi connectivity index (χ0n) is 8.20. The van der Waals surface area contributed by atoms with Gasteiger partial charge >= 0.3 is 0 Å². The van der Waals surface area contributed by atoms with E-state index in [1.54, 1.807) is 0 Å². The van der Waals surface area contributed by atoms with Crippen molar-refractivity contribution in [2.24, 2.45) is 12.8 Å². The second kappa shape index (κ2) is 3.67. The van der Waals surface area contributed by atoms with Crippen LogP contribution in [0.15, 0.2) is 24.5 Å². The third-order valence-electron chi connectivity index (χ3n) is 2.20. The number of nitrogens with one attached hydrogen (secondary N) is 1. The van der Waals surface area contributed by atoms with E-state index in [1.165, 1.54) is 0 Å². The minimum atomic E-state index is 0.639. The van der Waals surface area contributed by atoms with E-state index in [-0.39, 0.29) is 0 Å². The van der Waals surface area contributed by atoms with Gasteiger partial charge in [-0.1, -0.05) is 0 Å². The summed E-state index contributed by atoms with van der Waals surface area (Å²) in [7, 11) is 1.99. The topological polar surface area (TPSA) is 55.9 Å². The van der Waals surface area contributed by atoms with Gasteiger partial charge in [0.05, 0.1) is 17.4 Å². The van der Waals surface area contributed by atoms with Crippen LogP contribution in [0.3, 0.4) is 0 Å². The lowest BCUT2D eigenvalue weighted by Crippen LogP contribution is -2.12. The van der Waals surface area contributed by atoms with Crippen LogP contribution in [0.5, 0.6) is 0 Å². The van der Waals surface area contributed by atoms with Gasteiger partial charge in [0, 0.05) is 25.8 Å². The maximum atomic E-state index is 5.41. The summed E-state index contributed by atoms with van der Waals surface area (Å²) < 4.78 is 2.00. The zero-order valence-corrected chi connectivity index (χ0v) is 8.20. The Morgan fingerprint density at radius 2 is 2.36 bits per heavy atom. The van der Waals surface area contributed by atoms with Gasteiger partial charge in [0.15, 0.2) is 0 Å². The molecule has 1 aromatic heterocycles. The van der Waals surface area contributed by atoms with Crippen LogP contribution < -0.4 is 11.1 Å². The number of anilines is 1. The second-order valence-electron chi connectivity index (χ2n) is 3.27. The van der Waals surface area contributed by atoms with E-state index >= 15 is 0 Å². The first-order valence-corrected chi connectivity index (χ1v) is 4.66. The molecule has 14 heavy (non-hydrogen) atoms. The molecule has 0 atom stereocenters. The standard InChI is InChI=1S/C10H14N4/c1-14-7-13-9-6-8(12-5-4-11)2-3-10(9)14/h2-3,6-7,12H,4-5,11H2,1H3. The highest BCUT2D eigenvalue weighted by Gasteiger charge is 1.99. The van der Waals surface area contributed by atoms with Crippen molar-refractivity contribution in [2.75, 3.05) is 18.4 Å². The molecule has 4 nitrogen and oxygen atoms in total. The van der Waals surface area contributed by atoms with Crippen LogP contribution in [-0.2, 0) is 7.05 Å². The van der Waals surface area contributed by atoms with E-state index in [0.717, 1.165) is 23.3 Å². The first-order valence-electron chi connectivity index (χ1n) is 4.66. The predicted molar refractivity (Wildman–Crippen MR) is 58.3 cm³/mol. The lowest BCUT2D eigenvalue weighted by atomic mass is 10.2. The van der Waals surface area contributed by atoms with Crippen LogP contribution in [0, 0.1) is 0 Å². The molecule has 0 radical (unpaired) electrons.